The average Bonchev–Trinajstić information content (AvgIpc) is 2.81. The summed E-state index contributed by atoms with van der Waals surface area (Å²) in [5, 5.41) is 10.8. The van der Waals surface area contributed by atoms with E-state index in [1.807, 2.05) is 18.2 Å². The number of carbonyl (C=O) groups excluding carboxylic acids is 1. The van der Waals surface area contributed by atoms with E-state index in [-0.39, 0.29) is 17.6 Å². The van der Waals surface area contributed by atoms with Gasteiger partial charge in [-0.25, -0.2) is 0 Å². The summed E-state index contributed by atoms with van der Waals surface area (Å²) in [4.78, 5) is 11.6. The topological polar surface area (TPSA) is 51.5 Å². The van der Waals surface area contributed by atoms with Gasteiger partial charge in [-0.3, -0.25) is 4.79 Å². The summed E-state index contributed by atoms with van der Waals surface area (Å²) < 4.78 is 7.66. The molecule has 1 N–H and O–H groups in total. The first-order valence-corrected chi connectivity index (χ1v) is 8.05. The van der Waals surface area contributed by atoms with E-state index >= 15 is 0 Å². The van der Waals surface area contributed by atoms with Crippen molar-refractivity contribution in [3.63, 3.8) is 0 Å². The fraction of sp³-hybridized carbons (Fsp3) is 0.250. The van der Waals surface area contributed by atoms with Gasteiger partial charge in [0.1, 0.15) is 5.75 Å². The van der Waals surface area contributed by atoms with Gasteiger partial charge >= 0.3 is 5.97 Å². The van der Waals surface area contributed by atoms with E-state index in [4.69, 9.17) is 4.74 Å². The second-order valence-corrected chi connectivity index (χ2v) is 6.24. The number of benzene rings is 2. The number of nitrogens with zero attached hydrogens (tertiary/aromatic N) is 1. The highest BCUT2D eigenvalue weighted by atomic mass is 16.5. The first kappa shape index (κ1) is 16.1. The van der Waals surface area contributed by atoms with E-state index in [0.29, 0.717) is 12.3 Å². The molecule has 0 bridgehead atoms. The fourth-order valence-electron chi connectivity index (χ4n) is 3.09. The lowest BCUT2D eigenvalue weighted by atomic mass is 10.1. The molecule has 4 heteroatoms. The molecule has 1 aromatic heterocycles. The summed E-state index contributed by atoms with van der Waals surface area (Å²) in [7, 11) is 0. The third-order valence-corrected chi connectivity index (χ3v) is 4.02. The van der Waals surface area contributed by atoms with E-state index in [1.165, 1.54) is 6.92 Å². The normalized spacial score (nSPS) is 11.2. The number of hydrogen-bond donors (Lipinski definition) is 1. The molecule has 0 aliphatic carbocycles. The minimum Gasteiger partial charge on any atom is -0.508 e. The first-order chi connectivity index (χ1) is 11.5. The number of aromatic nitrogens is 1. The molecule has 3 aromatic rings. The minimum atomic E-state index is -0.344. The van der Waals surface area contributed by atoms with Crippen LogP contribution < -0.4 is 4.74 Å². The number of esters is 1. The van der Waals surface area contributed by atoms with Crippen LogP contribution in [0.25, 0.3) is 10.9 Å². The molecule has 4 nitrogen and oxygen atoms in total. The molecule has 0 amide bonds. The maximum atomic E-state index is 11.6. The van der Waals surface area contributed by atoms with Crippen molar-refractivity contribution in [2.45, 2.75) is 33.2 Å². The SMILES string of the molecule is CC(=O)Oc1c(C(C)C)n(Cc2ccccc2)c2cc(O)ccc12. The van der Waals surface area contributed by atoms with E-state index in [0.717, 1.165) is 22.2 Å². The lowest BCUT2D eigenvalue weighted by Gasteiger charge is -2.15. The van der Waals surface area contributed by atoms with Gasteiger partial charge in [-0.05, 0) is 23.6 Å². The van der Waals surface area contributed by atoms with Gasteiger partial charge < -0.3 is 14.4 Å². The second-order valence-electron chi connectivity index (χ2n) is 6.24. The summed E-state index contributed by atoms with van der Waals surface area (Å²) in [6.07, 6.45) is 0. The Morgan fingerprint density at radius 2 is 1.88 bits per heavy atom. The van der Waals surface area contributed by atoms with Gasteiger partial charge in [0.2, 0.25) is 0 Å². The number of phenolic OH excluding ortho intramolecular Hbond substituents is 1. The smallest absolute Gasteiger partial charge is 0.308 e. The summed E-state index contributed by atoms with van der Waals surface area (Å²) >= 11 is 0. The van der Waals surface area contributed by atoms with Gasteiger partial charge in [0.25, 0.3) is 0 Å². The molecule has 2 aromatic carbocycles. The van der Waals surface area contributed by atoms with Crippen LogP contribution in [0.1, 0.15) is 37.9 Å². The molecular weight excluding hydrogens is 302 g/mol. The summed E-state index contributed by atoms with van der Waals surface area (Å²) in [5.74, 6) is 0.601. The van der Waals surface area contributed by atoms with Crippen LogP contribution >= 0.6 is 0 Å². The van der Waals surface area contributed by atoms with Gasteiger partial charge in [0.15, 0.2) is 5.75 Å². The number of carbonyl (C=O) groups is 1. The predicted octanol–water partition coefficient (Wildman–Crippen LogP) is 4.44. The molecular formula is C20H21NO3. The maximum Gasteiger partial charge on any atom is 0.308 e. The third-order valence-electron chi connectivity index (χ3n) is 4.02. The highest BCUT2D eigenvalue weighted by Gasteiger charge is 2.22. The molecule has 3 rings (SSSR count). The van der Waals surface area contributed by atoms with Crippen LogP contribution in [0.3, 0.4) is 0 Å². The maximum absolute atomic E-state index is 11.6. The van der Waals surface area contributed by atoms with Crippen LogP contribution in [0.5, 0.6) is 11.5 Å². The Morgan fingerprint density at radius 1 is 1.17 bits per heavy atom. The monoisotopic (exact) mass is 323 g/mol. The van der Waals surface area contributed by atoms with Gasteiger partial charge in [0.05, 0.1) is 11.2 Å². The van der Waals surface area contributed by atoms with E-state index < -0.39 is 0 Å². The second kappa shape index (κ2) is 6.40. The number of aromatic hydroxyl groups is 1. The van der Waals surface area contributed by atoms with Gasteiger partial charge in [-0.15, -0.1) is 0 Å². The van der Waals surface area contributed by atoms with Crippen molar-refractivity contribution >= 4 is 16.9 Å². The molecule has 1 heterocycles. The summed E-state index contributed by atoms with van der Waals surface area (Å²) in [5.41, 5.74) is 2.96. The zero-order valence-electron chi connectivity index (χ0n) is 14.1. The van der Waals surface area contributed by atoms with Crippen molar-refractivity contribution in [2.24, 2.45) is 0 Å². The molecule has 124 valence electrons. The largest absolute Gasteiger partial charge is 0.508 e. The van der Waals surface area contributed by atoms with Crippen LogP contribution in [0, 0.1) is 0 Å². The summed E-state index contributed by atoms with van der Waals surface area (Å²) in [6.45, 7) is 6.20. The molecule has 0 radical (unpaired) electrons. The number of ether oxygens (including phenoxy) is 1. The quantitative estimate of drug-likeness (QED) is 0.722. The Balaban J connectivity index is 2.26. The van der Waals surface area contributed by atoms with Crippen molar-refractivity contribution in [3.8, 4) is 11.5 Å². The van der Waals surface area contributed by atoms with Crippen LogP contribution in [0.2, 0.25) is 0 Å². The van der Waals surface area contributed by atoms with Crippen molar-refractivity contribution in [1.82, 2.24) is 4.57 Å². The van der Waals surface area contributed by atoms with Gasteiger partial charge in [-0.1, -0.05) is 44.2 Å². The van der Waals surface area contributed by atoms with Crippen molar-refractivity contribution < 1.29 is 14.6 Å². The number of hydrogen-bond acceptors (Lipinski definition) is 3. The van der Waals surface area contributed by atoms with Crippen molar-refractivity contribution in [3.05, 3.63) is 59.8 Å². The predicted molar refractivity (Wildman–Crippen MR) is 94.5 cm³/mol. The highest BCUT2D eigenvalue weighted by Crippen LogP contribution is 2.39. The van der Waals surface area contributed by atoms with Gasteiger partial charge in [0, 0.05) is 24.9 Å². The van der Waals surface area contributed by atoms with Crippen LogP contribution in [-0.2, 0) is 11.3 Å². The Kier molecular flexibility index (Phi) is 4.30. The first-order valence-electron chi connectivity index (χ1n) is 8.05. The number of phenols is 1. The van der Waals surface area contributed by atoms with E-state index in [1.54, 1.807) is 18.2 Å². The lowest BCUT2D eigenvalue weighted by Crippen LogP contribution is -2.09. The molecule has 0 aliphatic rings. The molecule has 0 saturated heterocycles. The zero-order valence-corrected chi connectivity index (χ0v) is 14.1. The average molecular weight is 323 g/mol. The standard InChI is InChI=1S/C20H21NO3/c1-13(2)19-20(24-14(3)22)17-10-9-16(23)11-18(17)21(19)12-15-7-5-4-6-8-15/h4-11,13,23H,12H2,1-3H3. The fourth-order valence-corrected chi connectivity index (χ4v) is 3.09. The van der Waals surface area contributed by atoms with Crippen LogP contribution in [-0.4, -0.2) is 15.6 Å². The molecule has 0 unspecified atom stereocenters. The highest BCUT2D eigenvalue weighted by molar-refractivity contribution is 5.92. The van der Waals surface area contributed by atoms with Crippen molar-refractivity contribution in [1.29, 1.82) is 0 Å². The van der Waals surface area contributed by atoms with E-state index in [9.17, 15) is 9.90 Å². The van der Waals surface area contributed by atoms with Crippen LogP contribution in [0.4, 0.5) is 0 Å². The third kappa shape index (κ3) is 3.00. The molecule has 0 spiro atoms. The zero-order chi connectivity index (χ0) is 17.3. The Bertz CT molecular complexity index is 879. The van der Waals surface area contributed by atoms with Crippen molar-refractivity contribution in [2.75, 3.05) is 0 Å². The Hall–Kier alpha value is -2.75. The van der Waals surface area contributed by atoms with Gasteiger partial charge in [-0.2, -0.15) is 0 Å². The number of fused-ring (bicyclic) bond motifs is 1. The Labute approximate surface area is 141 Å². The van der Waals surface area contributed by atoms with Crippen LogP contribution in [0.15, 0.2) is 48.5 Å². The Morgan fingerprint density at radius 3 is 2.50 bits per heavy atom. The molecule has 0 atom stereocenters. The number of rotatable bonds is 4. The van der Waals surface area contributed by atoms with E-state index in [2.05, 4.69) is 30.5 Å². The summed E-state index contributed by atoms with van der Waals surface area (Å²) in [6, 6.07) is 15.2. The molecule has 0 fully saturated rings. The molecule has 0 aliphatic heterocycles. The lowest BCUT2D eigenvalue weighted by molar-refractivity contribution is -0.131. The molecule has 0 saturated carbocycles. The molecule has 24 heavy (non-hydrogen) atoms. The minimum absolute atomic E-state index is 0.164.